The molecule has 1 aliphatic rings. The molecular weight excluding hydrogens is 290 g/mol. The van der Waals surface area contributed by atoms with E-state index in [2.05, 4.69) is 17.5 Å². The van der Waals surface area contributed by atoms with Crippen molar-refractivity contribution in [1.29, 1.82) is 0 Å². The first-order valence-electron chi connectivity index (χ1n) is 7.15. The van der Waals surface area contributed by atoms with Gasteiger partial charge in [-0.1, -0.05) is 31.4 Å². The van der Waals surface area contributed by atoms with Crippen LogP contribution >= 0.6 is 22.9 Å². The summed E-state index contributed by atoms with van der Waals surface area (Å²) in [7, 11) is 0. The summed E-state index contributed by atoms with van der Waals surface area (Å²) in [6, 6.07) is 8.38. The van der Waals surface area contributed by atoms with Gasteiger partial charge in [-0.3, -0.25) is 4.79 Å². The van der Waals surface area contributed by atoms with Crippen LogP contribution in [-0.2, 0) is 5.88 Å². The van der Waals surface area contributed by atoms with Crippen LogP contribution in [0.2, 0.25) is 0 Å². The van der Waals surface area contributed by atoms with Crippen molar-refractivity contribution in [3.8, 4) is 10.6 Å². The molecule has 2 aromatic heterocycles. The number of thiophene rings is 1. The standard InChI is InChI=1S/C16H18ClNOS/c17-11-12-8-9-14(15-7-4-10-20-15)18(16(12)19)13-5-2-1-3-6-13/h4,7-10,13H,1-3,5-6,11H2. The molecule has 1 saturated carbocycles. The highest BCUT2D eigenvalue weighted by atomic mass is 35.5. The van der Waals surface area contributed by atoms with E-state index < -0.39 is 0 Å². The number of hydrogen-bond acceptors (Lipinski definition) is 2. The number of nitrogens with zero attached hydrogens (tertiary/aromatic N) is 1. The van der Waals surface area contributed by atoms with Crippen molar-refractivity contribution in [3.63, 3.8) is 0 Å². The highest BCUT2D eigenvalue weighted by molar-refractivity contribution is 7.13. The van der Waals surface area contributed by atoms with Gasteiger partial charge >= 0.3 is 0 Å². The van der Waals surface area contributed by atoms with Crippen molar-refractivity contribution < 1.29 is 0 Å². The van der Waals surface area contributed by atoms with Gasteiger partial charge in [0, 0.05) is 11.6 Å². The fourth-order valence-electron chi connectivity index (χ4n) is 3.02. The monoisotopic (exact) mass is 307 g/mol. The van der Waals surface area contributed by atoms with E-state index in [1.54, 1.807) is 11.3 Å². The van der Waals surface area contributed by atoms with Gasteiger partial charge in [0.1, 0.15) is 0 Å². The summed E-state index contributed by atoms with van der Waals surface area (Å²) in [6.45, 7) is 0. The molecule has 1 fully saturated rings. The van der Waals surface area contributed by atoms with Gasteiger partial charge < -0.3 is 4.57 Å². The van der Waals surface area contributed by atoms with Gasteiger partial charge in [-0.15, -0.1) is 22.9 Å². The van der Waals surface area contributed by atoms with Crippen LogP contribution in [0, 0.1) is 0 Å². The van der Waals surface area contributed by atoms with Gasteiger partial charge in [0.15, 0.2) is 0 Å². The predicted molar refractivity (Wildman–Crippen MR) is 85.7 cm³/mol. The van der Waals surface area contributed by atoms with E-state index in [0.717, 1.165) is 23.4 Å². The minimum absolute atomic E-state index is 0.0952. The Morgan fingerprint density at radius 1 is 1.20 bits per heavy atom. The minimum atomic E-state index is 0.0952. The smallest absolute Gasteiger partial charge is 0.255 e. The summed E-state index contributed by atoms with van der Waals surface area (Å²) in [5, 5.41) is 2.06. The maximum atomic E-state index is 12.7. The Morgan fingerprint density at radius 2 is 2.00 bits per heavy atom. The predicted octanol–water partition coefficient (Wildman–Crippen LogP) is 4.82. The maximum absolute atomic E-state index is 12.7. The zero-order valence-corrected chi connectivity index (χ0v) is 12.9. The molecule has 20 heavy (non-hydrogen) atoms. The Morgan fingerprint density at radius 3 is 2.65 bits per heavy atom. The van der Waals surface area contributed by atoms with Crippen molar-refractivity contribution in [3.05, 3.63) is 45.6 Å². The van der Waals surface area contributed by atoms with Crippen LogP contribution in [0.4, 0.5) is 0 Å². The summed E-state index contributed by atoms with van der Waals surface area (Å²) in [5.41, 5.74) is 1.85. The van der Waals surface area contributed by atoms with E-state index in [-0.39, 0.29) is 11.4 Å². The van der Waals surface area contributed by atoms with Gasteiger partial charge in [0.25, 0.3) is 5.56 Å². The van der Waals surface area contributed by atoms with Crippen LogP contribution in [0.5, 0.6) is 0 Å². The van der Waals surface area contributed by atoms with Gasteiger partial charge in [-0.05, 0) is 30.4 Å². The maximum Gasteiger partial charge on any atom is 0.255 e. The molecule has 0 radical (unpaired) electrons. The van der Waals surface area contributed by atoms with Crippen molar-refractivity contribution in [2.75, 3.05) is 0 Å². The van der Waals surface area contributed by atoms with E-state index >= 15 is 0 Å². The molecule has 0 unspecified atom stereocenters. The lowest BCUT2D eigenvalue weighted by atomic mass is 9.94. The van der Waals surface area contributed by atoms with Gasteiger partial charge in [-0.2, -0.15) is 0 Å². The fourth-order valence-corrected chi connectivity index (χ4v) is 3.98. The second-order valence-corrected chi connectivity index (χ2v) is 6.54. The molecule has 3 rings (SSSR count). The fraction of sp³-hybridized carbons (Fsp3) is 0.438. The molecular formula is C16H18ClNOS. The SMILES string of the molecule is O=c1c(CCl)ccc(-c2cccs2)n1C1CCCCC1. The molecule has 0 amide bonds. The van der Waals surface area contributed by atoms with Crippen molar-refractivity contribution in [2.45, 2.75) is 44.0 Å². The van der Waals surface area contributed by atoms with Crippen LogP contribution in [0.1, 0.15) is 43.7 Å². The first-order chi connectivity index (χ1) is 9.81. The molecule has 0 bridgehead atoms. The summed E-state index contributed by atoms with van der Waals surface area (Å²) in [6.07, 6.45) is 5.92. The molecule has 2 nitrogen and oxygen atoms in total. The van der Waals surface area contributed by atoms with E-state index in [9.17, 15) is 4.79 Å². The second-order valence-electron chi connectivity index (χ2n) is 5.32. The Kier molecular flexibility index (Phi) is 4.27. The average molecular weight is 308 g/mol. The highest BCUT2D eigenvalue weighted by Gasteiger charge is 2.21. The number of alkyl halides is 1. The largest absolute Gasteiger partial charge is 0.304 e. The number of rotatable bonds is 3. The molecule has 106 valence electrons. The molecule has 0 saturated heterocycles. The highest BCUT2D eigenvalue weighted by Crippen LogP contribution is 2.32. The van der Waals surface area contributed by atoms with Crippen molar-refractivity contribution in [1.82, 2.24) is 4.57 Å². The Labute approximate surface area is 128 Å². The van der Waals surface area contributed by atoms with Crippen molar-refractivity contribution >= 4 is 22.9 Å². The topological polar surface area (TPSA) is 22.0 Å². The Bertz CT molecular complexity index is 626. The lowest BCUT2D eigenvalue weighted by Crippen LogP contribution is -2.29. The van der Waals surface area contributed by atoms with Crippen LogP contribution in [0.3, 0.4) is 0 Å². The molecule has 0 N–H and O–H groups in total. The molecule has 0 aromatic carbocycles. The van der Waals surface area contributed by atoms with E-state index in [0.29, 0.717) is 11.6 Å². The number of aromatic nitrogens is 1. The van der Waals surface area contributed by atoms with E-state index in [1.165, 1.54) is 19.3 Å². The lowest BCUT2D eigenvalue weighted by Gasteiger charge is -2.26. The first kappa shape index (κ1) is 13.9. The third-order valence-electron chi connectivity index (χ3n) is 4.05. The van der Waals surface area contributed by atoms with Gasteiger partial charge in [-0.25, -0.2) is 0 Å². The zero-order valence-electron chi connectivity index (χ0n) is 11.3. The third-order valence-corrected chi connectivity index (χ3v) is 5.23. The van der Waals surface area contributed by atoms with E-state index in [4.69, 9.17) is 11.6 Å². The van der Waals surface area contributed by atoms with Crippen LogP contribution in [0.15, 0.2) is 34.4 Å². The number of halogens is 1. The molecule has 1 aliphatic carbocycles. The number of hydrogen-bond donors (Lipinski definition) is 0. The molecule has 2 aromatic rings. The summed E-state index contributed by atoms with van der Waals surface area (Å²) >= 11 is 7.59. The Balaban J connectivity index is 2.14. The van der Waals surface area contributed by atoms with Crippen LogP contribution < -0.4 is 5.56 Å². The summed E-state index contributed by atoms with van der Waals surface area (Å²) in [4.78, 5) is 13.9. The lowest BCUT2D eigenvalue weighted by molar-refractivity contribution is 0.348. The van der Waals surface area contributed by atoms with Crippen LogP contribution in [0.25, 0.3) is 10.6 Å². The summed E-state index contributed by atoms with van der Waals surface area (Å²) < 4.78 is 2.00. The molecule has 0 spiro atoms. The molecule has 0 atom stereocenters. The van der Waals surface area contributed by atoms with Crippen molar-refractivity contribution in [2.24, 2.45) is 0 Å². The minimum Gasteiger partial charge on any atom is -0.304 e. The first-order valence-corrected chi connectivity index (χ1v) is 8.57. The van der Waals surface area contributed by atoms with E-state index in [1.807, 2.05) is 16.7 Å². The van der Waals surface area contributed by atoms with Crippen LogP contribution in [-0.4, -0.2) is 4.57 Å². The number of pyridine rings is 1. The molecule has 4 heteroatoms. The third kappa shape index (κ3) is 2.57. The molecule has 0 aliphatic heterocycles. The Hall–Kier alpha value is -1.06. The average Bonchev–Trinajstić information content (AvgIpc) is 3.02. The second kappa shape index (κ2) is 6.15. The van der Waals surface area contributed by atoms with Gasteiger partial charge in [0.05, 0.1) is 16.5 Å². The van der Waals surface area contributed by atoms with Gasteiger partial charge in [0.2, 0.25) is 0 Å². The molecule has 2 heterocycles. The normalized spacial score (nSPS) is 16.4. The zero-order chi connectivity index (χ0) is 13.9. The quantitative estimate of drug-likeness (QED) is 0.745. The summed E-state index contributed by atoms with van der Waals surface area (Å²) in [5.74, 6) is 0.288.